The van der Waals surface area contributed by atoms with Gasteiger partial charge >= 0.3 is 5.97 Å². The normalized spacial score (nSPS) is 26.4. The number of fused-ring (bicyclic) bond motifs is 1. The summed E-state index contributed by atoms with van der Waals surface area (Å²) in [5.74, 6) is -0.429. The number of hydrogen-bond donors (Lipinski definition) is 3. The molecule has 2 aliphatic carbocycles. The van der Waals surface area contributed by atoms with Gasteiger partial charge in [0.2, 0.25) is 29.6 Å². The summed E-state index contributed by atoms with van der Waals surface area (Å²) in [6.45, 7) is 13.6. The van der Waals surface area contributed by atoms with Crippen LogP contribution in [0.4, 0.5) is 23.1 Å². The second kappa shape index (κ2) is 22.1. The maximum Gasteiger partial charge on any atom is 0.343 e. The van der Waals surface area contributed by atoms with Crippen LogP contribution in [0.3, 0.4) is 0 Å². The Kier molecular flexibility index (Phi) is 15.1. The number of aryl methyl sites for hydroxylation is 2. The first-order valence-corrected chi connectivity index (χ1v) is 28.4. The van der Waals surface area contributed by atoms with Crippen molar-refractivity contribution in [3.05, 3.63) is 53.0 Å². The van der Waals surface area contributed by atoms with Crippen molar-refractivity contribution in [1.82, 2.24) is 49.6 Å². The lowest BCUT2D eigenvalue weighted by Crippen LogP contribution is -2.60. The van der Waals surface area contributed by atoms with E-state index < -0.39 is 29.7 Å². The highest BCUT2D eigenvalue weighted by Gasteiger charge is 2.48. The summed E-state index contributed by atoms with van der Waals surface area (Å²) in [6.07, 6.45) is 15.0. The number of nitrogens with one attached hydrogen (secondary N) is 3. The number of amides is 6. The number of esters is 1. The molecule has 11 rings (SSSR count). The van der Waals surface area contributed by atoms with Crippen molar-refractivity contribution in [3.63, 3.8) is 0 Å². The summed E-state index contributed by atoms with van der Waals surface area (Å²) >= 11 is 0. The molecule has 0 bridgehead atoms. The third-order valence-corrected chi connectivity index (χ3v) is 18.3. The van der Waals surface area contributed by atoms with Gasteiger partial charge in [-0.2, -0.15) is 10.1 Å². The zero-order chi connectivity index (χ0) is 53.5. The Morgan fingerprint density at radius 2 is 1.44 bits per heavy atom. The number of aromatic nitrogens is 4. The predicted molar refractivity (Wildman–Crippen MR) is 285 cm³/mol. The van der Waals surface area contributed by atoms with Gasteiger partial charge in [-0.05, 0) is 135 Å². The van der Waals surface area contributed by atoms with Crippen molar-refractivity contribution in [2.75, 3.05) is 94.1 Å². The summed E-state index contributed by atoms with van der Waals surface area (Å²) in [5.41, 5.74) is 3.41. The number of anilines is 4. The minimum absolute atomic E-state index is 0.00498. The van der Waals surface area contributed by atoms with Crippen LogP contribution in [-0.4, -0.2) is 182 Å². The second-order valence-corrected chi connectivity index (χ2v) is 23.3. The van der Waals surface area contributed by atoms with Crippen LogP contribution in [0.15, 0.2) is 30.6 Å². The van der Waals surface area contributed by atoms with Gasteiger partial charge in [0.25, 0.3) is 11.8 Å². The molecule has 8 heterocycles. The Morgan fingerprint density at radius 1 is 0.779 bits per heavy atom. The fourth-order valence-corrected chi connectivity index (χ4v) is 13.8. The highest BCUT2D eigenvalue weighted by atomic mass is 16.5. The van der Waals surface area contributed by atoms with Gasteiger partial charge in [-0.15, -0.1) is 0 Å². The number of piperazine rings is 1. The van der Waals surface area contributed by atoms with Gasteiger partial charge in [0.1, 0.15) is 17.4 Å². The first-order chi connectivity index (χ1) is 37.2. The molecular weight excluding hydrogens is 983 g/mol. The van der Waals surface area contributed by atoms with Crippen LogP contribution in [0.1, 0.15) is 134 Å². The number of piperidine rings is 3. The third-order valence-electron chi connectivity index (χ3n) is 18.3. The minimum atomic E-state index is -0.972. The standard InChI is InChI=1S/C56H75N13O8/c1-4-77-54(76)47-35(2)58-55(60-40-30-57-63(3)32-40)62-48(47)59-39-9-11-41(12-10-39)65-25-27-67(28-26-65)51(73)38-7-5-37(6-8-38)50(72)66-21-17-36(18-22-66)31-64-23-19-56(20-24-64)33-68(34-56)42-13-14-43-44(29-42)53(75)69(52(43)74)45-15-16-46(70)61-49(45)71/h13-14,29-30,32,36-39,41,45H,4-12,15-28,31,33-34H2,1-3H3,(H,61,70,71)(H2,58,59,60,62). The Hall–Kier alpha value is -6.48. The van der Waals surface area contributed by atoms with Crippen LogP contribution in [-0.2, 0) is 31.0 Å². The molecule has 77 heavy (non-hydrogen) atoms. The molecule has 412 valence electrons. The Morgan fingerprint density at radius 3 is 2.08 bits per heavy atom. The SMILES string of the molecule is CCOC(=O)c1c(C)nc(Nc2cnn(C)c2)nc1NC1CCC(N2CCN(C(=O)C3CCC(C(=O)N4CCC(CN5CCC6(CC5)CN(c5ccc7c(c5)C(=O)N(C5CCC(=O)NC5=O)C7=O)C6)CC4)CC3)CC2)CC1. The van der Waals surface area contributed by atoms with Crippen LogP contribution in [0.2, 0.25) is 0 Å². The quantitative estimate of drug-likeness (QED) is 0.160. The Labute approximate surface area is 450 Å². The molecule has 3 aromatic rings. The number of nitrogens with zero attached hydrogens (tertiary/aromatic N) is 10. The molecule has 1 atom stereocenters. The summed E-state index contributed by atoms with van der Waals surface area (Å²) < 4.78 is 7.09. The summed E-state index contributed by atoms with van der Waals surface area (Å²) in [5, 5.41) is 13.3. The molecule has 21 nitrogen and oxygen atoms in total. The highest BCUT2D eigenvalue weighted by molar-refractivity contribution is 6.23. The molecule has 1 spiro atoms. The highest BCUT2D eigenvalue weighted by Crippen LogP contribution is 2.44. The number of rotatable bonds is 13. The van der Waals surface area contributed by atoms with Gasteiger partial charge in [-0.3, -0.25) is 48.6 Å². The molecule has 8 aliphatic rings. The Balaban J connectivity index is 0.569. The maximum atomic E-state index is 13.9. The molecule has 7 fully saturated rings. The fourth-order valence-electron chi connectivity index (χ4n) is 13.8. The molecule has 1 unspecified atom stereocenters. The van der Waals surface area contributed by atoms with Crippen LogP contribution >= 0.6 is 0 Å². The van der Waals surface area contributed by atoms with E-state index in [2.05, 4.69) is 50.5 Å². The number of carbonyl (C=O) groups is 7. The van der Waals surface area contributed by atoms with E-state index in [1.54, 1.807) is 36.9 Å². The van der Waals surface area contributed by atoms with Gasteiger partial charge in [0.15, 0.2) is 0 Å². The lowest BCUT2D eigenvalue weighted by Gasteiger charge is -2.55. The topological polar surface area (TPSA) is 228 Å². The lowest BCUT2D eigenvalue weighted by molar-refractivity contribution is -0.143. The van der Waals surface area contributed by atoms with E-state index in [0.717, 1.165) is 165 Å². The van der Waals surface area contributed by atoms with Crippen LogP contribution < -0.4 is 20.9 Å². The molecular formula is C56H75N13O8. The minimum Gasteiger partial charge on any atom is -0.462 e. The van der Waals surface area contributed by atoms with E-state index in [1.165, 1.54) is 0 Å². The second-order valence-electron chi connectivity index (χ2n) is 23.3. The van der Waals surface area contributed by atoms with Gasteiger partial charge < -0.3 is 35.0 Å². The smallest absolute Gasteiger partial charge is 0.343 e. The zero-order valence-electron chi connectivity index (χ0n) is 45.0. The summed E-state index contributed by atoms with van der Waals surface area (Å²) in [4.78, 5) is 113. The largest absolute Gasteiger partial charge is 0.462 e. The van der Waals surface area contributed by atoms with Crippen LogP contribution in [0, 0.1) is 30.1 Å². The number of carbonyl (C=O) groups excluding carboxylic acids is 7. The monoisotopic (exact) mass is 1060 g/mol. The van der Waals surface area contributed by atoms with Crippen molar-refractivity contribution in [3.8, 4) is 0 Å². The predicted octanol–water partition coefficient (Wildman–Crippen LogP) is 4.35. The van der Waals surface area contributed by atoms with Crippen LogP contribution in [0.25, 0.3) is 0 Å². The van der Waals surface area contributed by atoms with Gasteiger partial charge in [0, 0.05) is 114 Å². The average Bonchev–Trinajstić information content (AvgIpc) is 4.12. The lowest BCUT2D eigenvalue weighted by atomic mass is 9.71. The molecule has 6 aliphatic heterocycles. The van der Waals surface area contributed by atoms with E-state index in [-0.39, 0.29) is 60.5 Å². The molecule has 6 amide bonds. The molecule has 3 N–H and O–H groups in total. The number of imide groups is 2. The molecule has 21 heteroatoms. The van der Waals surface area contributed by atoms with Gasteiger partial charge in [0.05, 0.1) is 35.3 Å². The van der Waals surface area contributed by atoms with E-state index in [4.69, 9.17) is 9.72 Å². The number of likely N-dealkylation sites (tertiary alicyclic amines) is 2. The Bertz CT molecular complexity index is 2750. The van der Waals surface area contributed by atoms with Crippen molar-refractivity contribution in [2.24, 2.45) is 30.2 Å². The van der Waals surface area contributed by atoms with Gasteiger partial charge in [-0.1, -0.05) is 0 Å². The maximum absolute atomic E-state index is 13.9. The van der Waals surface area contributed by atoms with Gasteiger partial charge in [-0.25, -0.2) is 9.78 Å². The fraction of sp³-hybridized carbons (Fsp3) is 0.643. The average molecular weight is 1060 g/mol. The molecule has 1 aromatic carbocycles. The van der Waals surface area contributed by atoms with E-state index in [1.807, 2.05) is 19.3 Å². The first kappa shape index (κ1) is 52.6. The van der Waals surface area contributed by atoms with E-state index in [9.17, 15) is 33.6 Å². The van der Waals surface area contributed by atoms with Crippen molar-refractivity contribution < 1.29 is 38.3 Å². The number of ether oxygens (including phenoxy) is 1. The molecule has 5 saturated heterocycles. The van der Waals surface area contributed by atoms with Crippen molar-refractivity contribution >= 4 is 64.6 Å². The molecule has 2 aromatic heterocycles. The number of hydrogen-bond acceptors (Lipinski definition) is 16. The van der Waals surface area contributed by atoms with Crippen molar-refractivity contribution in [2.45, 2.75) is 122 Å². The molecule has 0 radical (unpaired) electrons. The zero-order valence-corrected chi connectivity index (χ0v) is 45.0. The third kappa shape index (κ3) is 11.0. The summed E-state index contributed by atoms with van der Waals surface area (Å²) in [7, 11) is 1.84. The number of benzene rings is 1. The van der Waals surface area contributed by atoms with E-state index >= 15 is 0 Å². The van der Waals surface area contributed by atoms with Crippen LogP contribution in [0.5, 0.6) is 0 Å². The van der Waals surface area contributed by atoms with Crippen molar-refractivity contribution in [1.29, 1.82) is 0 Å². The first-order valence-electron chi connectivity index (χ1n) is 28.4. The molecule has 2 saturated carbocycles. The summed E-state index contributed by atoms with van der Waals surface area (Å²) in [6, 6.07) is 5.00. The van der Waals surface area contributed by atoms with E-state index in [0.29, 0.717) is 46.1 Å².